The van der Waals surface area contributed by atoms with E-state index < -0.39 is 70.1 Å². The predicted molar refractivity (Wildman–Crippen MR) is 141 cm³/mol. The Morgan fingerprint density at radius 3 is 1.62 bits per heavy atom. The highest BCUT2D eigenvalue weighted by Gasteiger charge is 2.65. The first-order chi connectivity index (χ1) is 17.7. The van der Waals surface area contributed by atoms with E-state index in [1.165, 1.54) is 7.05 Å². The molecule has 7 atom stereocenters. The molecular formula is C26H45N3O10. The Morgan fingerprint density at radius 2 is 1.28 bits per heavy atom. The highest BCUT2D eigenvalue weighted by molar-refractivity contribution is 6.29. The molecule has 0 unspecified atom stereocenters. The molecule has 2 amide bonds. The van der Waals surface area contributed by atoms with E-state index in [0.717, 1.165) is 39.8 Å². The number of aliphatic hydroxyl groups is 3. The Morgan fingerprint density at radius 1 is 0.846 bits per heavy atom. The van der Waals surface area contributed by atoms with Crippen LogP contribution in [0.2, 0.25) is 0 Å². The maximum atomic E-state index is 14.8. The van der Waals surface area contributed by atoms with Gasteiger partial charge in [-0.05, 0) is 47.1 Å². The first-order valence-electron chi connectivity index (χ1n) is 12.9. The molecule has 0 rings (SSSR count). The van der Waals surface area contributed by atoms with Crippen LogP contribution in [0, 0.1) is 5.92 Å². The van der Waals surface area contributed by atoms with Gasteiger partial charge in [0, 0.05) is 14.1 Å². The van der Waals surface area contributed by atoms with Crippen LogP contribution in [0.4, 0.5) is 0 Å². The number of aliphatic hydroxyl groups excluding tert-OH is 2. The lowest BCUT2D eigenvalue weighted by Gasteiger charge is -2.49. The monoisotopic (exact) mass is 559 g/mol. The molecule has 0 heterocycles. The SMILES string of the molecule is CCC[C@@](C(=O)[C@@H](NC)[C@@H](C)CC)(C(=O)[C@](C)(C(=O)[C@](C)(O)C(=O)O)N(C)C(=O)[C@@H](C)O)N(C)C(=O)[C@@H](C)O. The molecule has 0 bridgehead atoms. The number of Topliss-reactive ketones (excluding diaryl/α,β-unsaturated/α-hetero) is 3. The second kappa shape index (κ2) is 13.6. The zero-order valence-electron chi connectivity index (χ0n) is 24.6. The van der Waals surface area contributed by atoms with Gasteiger partial charge in [-0.25, -0.2) is 4.79 Å². The van der Waals surface area contributed by atoms with Gasteiger partial charge in [-0.15, -0.1) is 0 Å². The minimum Gasteiger partial charge on any atom is -0.479 e. The van der Waals surface area contributed by atoms with Crippen LogP contribution < -0.4 is 5.32 Å². The van der Waals surface area contributed by atoms with E-state index in [4.69, 9.17) is 0 Å². The van der Waals surface area contributed by atoms with E-state index in [1.807, 2.05) is 0 Å². The van der Waals surface area contributed by atoms with E-state index in [1.54, 1.807) is 20.8 Å². The molecule has 0 aliphatic rings. The van der Waals surface area contributed by atoms with Gasteiger partial charge in [0.05, 0.1) is 6.04 Å². The number of likely N-dealkylation sites (N-methyl/N-ethyl adjacent to an activating group) is 3. The number of aliphatic carboxylic acids is 1. The topological polar surface area (TPSA) is 202 Å². The van der Waals surface area contributed by atoms with Crippen molar-refractivity contribution in [3.05, 3.63) is 0 Å². The zero-order valence-corrected chi connectivity index (χ0v) is 24.6. The van der Waals surface area contributed by atoms with Crippen molar-refractivity contribution in [2.75, 3.05) is 21.1 Å². The number of carbonyl (C=O) groups is 6. The van der Waals surface area contributed by atoms with Crippen molar-refractivity contribution in [3.8, 4) is 0 Å². The van der Waals surface area contributed by atoms with Gasteiger partial charge in [0.15, 0.2) is 22.6 Å². The molecule has 0 saturated heterocycles. The molecule has 0 radical (unpaired) electrons. The molecule has 0 fully saturated rings. The lowest BCUT2D eigenvalue weighted by Crippen LogP contribution is -2.76. The summed E-state index contributed by atoms with van der Waals surface area (Å²) < 4.78 is 0. The third-order valence-electron chi connectivity index (χ3n) is 7.56. The summed E-state index contributed by atoms with van der Waals surface area (Å²) in [6.07, 6.45) is -3.25. The Kier molecular flexibility index (Phi) is 12.6. The van der Waals surface area contributed by atoms with Crippen molar-refractivity contribution in [1.29, 1.82) is 0 Å². The molecule has 0 aliphatic carbocycles. The molecule has 0 spiro atoms. The van der Waals surface area contributed by atoms with Gasteiger partial charge in [0.25, 0.3) is 11.8 Å². The highest BCUT2D eigenvalue weighted by atomic mass is 16.4. The zero-order chi connectivity index (χ0) is 31.3. The summed E-state index contributed by atoms with van der Waals surface area (Å²) in [6.45, 7) is 8.78. The summed E-state index contributed by atoms with van der Waals surface area (Å²) in [5.41, 5.74) is -8.60. The Labute approximate surface area is 229 Å². The molecule has 0 aromatic rings. The summed E-state index contributed by atoms with van der Waals surface area (Å²) in [6, 6.07) is -1.05. The van der Waals surface area contributed by atoms with E-state index in [-0.39, 0.29) is 18.8 Å². The molecule has 13 nitrogen and oxygen atoms in total. The second-order valence-corrected chi connectivity index (χ2v) is 10.4. The van der Waals surface area contributed by atoms with Crippen LogP contribution in [0.25, 0.3) is 0 Å². The Balaban J connectivity index is 7.97. The van der Waals surface area contributed by atoms with Gasteiger partial charge >= 0.3 is 5.97 Å². The largest absolute Gasteiger partial charge is 0.479 e. The van der Waals surface area contributed by atoms with Gasteiger partial charge in [0.1, 0.15) is 12.2 Å². The summed E-state index contributed by atoms with van der Waals surface area (Å²) in [5, 5.41) is 43.2. The minimum atomic E-state index is -3.22. The van der Waals surface area contributed by atoms with Crippen molar-refractivity contribution < 1.29 is 49.2 Å². The lowest BCUT2D eigenvalue weighted by atomic mass is 9.67. The maximum absolute atomic E-state index is 14.8. The quantitative estimate of drug-likeness (QED) is 0.147. The van der Waals surface area contributed by atoms with Gasteiger partial charge < -0.3 is 35.5 Å². The fourth-order valence-electron chi connectivity index (χ4n) is 4.71. The standard InChI is InChI=1S/C26H45N3O10/c1-11-13-26(29(10)20(34)16(5)31,18(32)17(27-8)14(3)12-2)22(36)24(6,28(9)19(33)15(4)30)21(35)25(7,39)23(37)38/h14-17,27,30-31,39H,11-13H2,1-10H3,(H,37,38)/t14-,15+,16+,17-,24-,25-,26+/m0/s1. The molecule has 0 saturated carbocycles. The van der Waals surface area contributed by atoms with Gasteiger partial charge in [-0.2, -0.15) is 0 Å². The van der Waals surface area contributed by atoms with Crippen LogP contribution in [-0.2, 0) is 28.8 Å². The molecule has 0 aliphatic heterocycles. The third kappa shape index (κ3) is 6.53. The first-order valence-corrected chi connectivity index (χ1v) is 12.9. The summed E-state index contributed by atoms with van der Waals surface area (Å²) in [7, 11) is 3.51. The number of ketones is 3. The van der Waals surface area contributed by atoms with E-state index >= 15 is 0 Å². The number of carboxylic acid groups (broad SMARTS) is 1. The molecule has 5 N–H and O–H groups in total. The van der Waals surface area contributed by atoms with Gasteiger partial charge in [-0.3, -0.25) is 24.0 Å². The molecule has 39 heavy (non-hydrogen) atoms. The number of carboxylic acids is 1. The number of carbonyl (C=O) groups excluding carboxylic acids is 5. The van der Waals surface area contributed by atoms with Crippen LogP contribution >= 0.6 is 0 Å². The van der Waals surface area contributed by atoms with Crippen molar-refractivity contribution in [2.24, 2.45) is 5.92 Å². The van der Waals surface area contributed by atoms with Crippen LogP contribution in [0.5, 0.6) is 0 Å². The molecule has 13 heteroatoms. The Hall–Kier alpha value is -2.74. The van der Waals surface area contributed by atoms with Crippen molar-refractivity contribution in [3.63, 3.8) is 0 Å². The second-order valence-electron chi connectivity index (χ2n) is 10.4. The fraction of sp³-hybridized carbons (Fsp3) is 0.769. The van der Waals surface area contributed by atoms with Crippen LogP contribution in [0.1, 0.15) is 67.7 Å². The van der Waals surface area contributed by atoms with Crippen molar-refractivity contribution in [1.82, 2.24) is 15.1 Å². The van der Waals surface area contributed by atoms with E-state index in [2.05, 4.69) is 5.32 Å². The number of hydrogen-bond acceptors (Lipinski definition) is 10. The first kappa shape index (κ1) is 36.3. The molecular weight excluding hydrogens is 514 g/mol. The van der Waals surface area contributed by atoms with Crippen molar-refractivity contribution in [2.45, 2.75) is 103 Å². The number of amides is 2. The van der Waals surface area contributed by atoms with Crippen molar-refractivity contribution >= 4 is 35.1 Å². The lowest BCUT2D eigenvalue weighted by molar-refractivity contribution is -0.177. The fourth-order valence-corrected chi connectivity index (χ4v) is 4.71. The normalized spacial score (nSPS) is 19.2. The number of hydrogen-bond donors (Lipinski definition) is 5. The highest BCUT2D eigenvalue weighted by Crippen LogP contribution is 2.36. The molecule has 0 aromatic heterocycles. The number of nitrogens with zero attached hydrogens (tertiary/aromatic N) is 2. The summed E-state index contributed by atoms with van der Waals surface area (Å²) in [5.74, 6) is -8.54. The molecule has 224 valence electrons. The number of rotatable bonds is 16. The van der Waals surface area contributed by atoms with Crippen LogP contribution in [0.3, 0.4) is 0 Å². The minimum absolute atomic E-state index is 0.0967. The van der Waals surface area contributed by atoms with Crippen LogP contribution in [-0.4, -0.2) is 121 Å². The van der Waals surface area contributed by atoms with Gasteiger partial charge in [-0.1, -0.05) is 33.6 Å². The Bertz CT molecular complexity index is 964. The summed E-state index contributed by atoms with van der Waals surface area (Å²) >= 11 is 0. The predicted octanol–water partition coefficient (Wildman–Crippen LogP) is -0.861. The van der Waals surface area contributed by atoms with E-state index in [9.17, 15) is 49.2 Å². The summed E-state index contributed by atoms with van der Waals surface area (Å²) in [4.78, 5) is 82.1. The van der Waals surface area contributed by atoms with E-state index in [0.29, 0.717) is 18.2 Å². The van der Waals surface area contributed by atoms with Gasteiger partial charge in [0.2, 0.25) is 11.4 Å². The van der Waals surface area contributed by atoms with Crippen LogP contribution in [0.15, 0.2) is 0 Å². The smallest absolute Gasteiger partial charge is 0.343 e. The molecule has 0 aromatic carbocycles. The average molecular weight is 560 g/mol. The average Bonchev–Trinajstić information content (AvgIpc) is 2.88. The number of nitrogens with one attached hydrogen (secondary N) is 1. The maximum Gasteiger partial charge on any atom is 0.343 e. The third-order valence-corrected chi connectivity index (χ3v) is 7.56.